The van der Waals surface area contributed by atoms with Crippen LogP contribution < -0.4 is 5.56 Å². The van der Waals surface area contributed by atoms with Gasteiger partial charge in [-0.25, -0.2) is 0 Å². The summed E-state index contributed by atoms with van der Waals surface area (Å²) in [5, 5.41) is 14.2. The lowest BCUT2D eigenvalue weighted by atomic mass is 10.1. The highest BCUT2D eigenvalue weighted by molar-refractivity contribution is 6.03. The van der Waals surface area contributed by atoms with Crippen molar-refractivity contribution in [3.63, 3.8) is 0 Å². The van der Waals surface area contributed by atoms with Gasteiger partial charge in [0.25, 0.3) is 5.56 Å². The number of aromatic nitrogens is 3. The standard InChI is InChI=1S/C13H11N3O3.C2H6/c1-15-10-5-3-2-4-8(10)12-9(13(15)19)6-14-16(12)7-11(17)18;1-2/h2-6H,7H2,1H3,(H,17,18);1-2H3. The number of nitrogens with zero attached hydrogens (tertiary/aromatic N) is 3. The summed E-state index contributed by atoms with van der Waals surface area (Å²) >= 11 is 0. The van der Waals surface area contributed by atoms with Crippen molar-refractivity contribution < 1.29 is 9.90 Å². The molecular formula is C15H17N3O3. The Morgan fingerprint density at radius 2 is 1.90 bits per heavy atom. The van der Waals surface area contributed by atoms with Gasteiger partial charge >= 0.3 is 5.97 Å². The molecule has 0 saturated heterocycles. The molecule has 110 valence electrons. The quantitative estimate of drug-likeness (QED) is 0.782. The molecule has 0 aliphatic heterocycles. The van der Waals surface area contributed by atoms with Gasteiger partial charge in [-0.15, -0.1) is 0 Å². The zero-order valence-corrected chi connectivity index (χ0v) is 12.2. The first-order valence-electron chi connectivity index (χ1n) is 6.74. The fourth-order valence-electron chi connectivity index (χ4n) is 2.33. The van der Waals surface area contributed by atoms with Crippen molar-refractivity contribution in [1.82, 2.24) is 14.3 Å². The molecule has 21 heavy (non-hydrogen) atoms. The Morgan fingerprint density at radius 1 is 1.24 bits per heavy atom. The molecule has 0 unspecified atom stereocenters. The second-order valence-electron chi connectivity index (χ2n) is 4.34. The first-order valence-corrected chi connectivity index (χ1v) is 6.74. The Kier molecular flexibility index (Phi) is 4.07. The van der Waals surface area contributed by atoms with Crippen LogP contribution in [0.1, 0.15) is 13.8 Å². The van der Waals surface area contributed by atoms with E-state index in [2.05, 4.69) is 5.10 Å². The molecule has 1 aromatic carbocycles. The molecule has 6 heteroatoms. The molecule has 0 radical (unpaired) electrons. The number of carbonyl (C=O) groups is 1. The fraction of sp³-hybridized carbons (Fsp3) is 0.267. The summed E-state index contributed by atoms with van der Waals surface area (Å²) in [6.07, 6.45) is 1.42. The van der Waals surface area contributed by atoms with Gasteiger partial charge in [0.2, 0.25) is 0 Å². The number of carboxylic acids is 1. The number of hydrogen-bond acceptors (Lipinski definition) is 3. The average Bonchev–Trinajstić information content (AvgIpc) is 2.90. The number of aliphatic carboxylic acids is 1. The van der Waals surface area contributed by atoms with Gasteiger partial charge in [0.05, 0.1) is 22.6 Å². The van der Waals surface area contributed by atoms with Crippen molar-refractivity contribution >= 4 is 27.8 Å². The third-order valence-electron chi connectivity index (χ3n) is 3.18. The maximum Gasteiger partial charge on any atom is 0.325 e. The van der Waals surface area contributed by atoms with Gasteiger partial charge in [-0.1, -0.05) is 32.0 Å². The van der Waals surface area contributed by atoms with Crippen LogP contribution in [0.3, 0.4) is 0 Å². The van der Waals surface area contributed by atoms with Gasteiger partial charge in [-0.2, -0.15) is 5.10 Å². The third-order valence-corrected chi connectivity index (χ3v) is 3.18. The smallest absolute Gasteiger partial charge is 0.325 e. The van der Waals surface area contributed by atoms with Crippen molar-refractivity contribution in [3.05, 3.63) is 40.8 Å². The van der Waals surface area contributed by atoms with Gasteiger partial charge in [0, 0.05) is 12.4 Å². The average molecular weight is 287 g/mol. The summed E-state index contributed by atoms with van der Waals surface area (Å²) < 4.78 is 2.89. The highest BCUT2D eigenvalue weighted by atomic mass is 16.4. The van der Waals surface area contributed by atoms with E-state index in [4.69, 9.17) is 5.11 Å². The number of para-hydroxylation sites is 1. The number of aryl methyl sites for hydroxylation is 1. The minimum absolute atomic E-state index is 0.176. The number of hydrogen-bond donors (Lipinski definition) is 1. The molecular weight excluding hydrogens is 270 g/mol. The van der Waals surface area contributed by atoms with E-state index in [1.54, 1.807) is 11.6 Å². The molecule has 0 saturated carbocycles. The topological polar surface area (TPSA) is 77.1 Å². The monoisotopic (exact) mass is 287 g/mol. The molecule has 0 atom stereocenters. The van der Waals surface area contributed by atoms with Crippen LogP contribution in [0.2, 0.25) is 0 Å². The van der Waals surface area contributed by atoms with Crippen LogP contribution in [0.4, 0.5) is 0 Å². The summed E-state index contributed by atoms with van der Waals surface area (Å²) in [5.41, 5.74) is 1.15. The van der Waals surface area contributed by atoms with Crippen LogP contribution in [0.25, 0.3) is 21.8 Å². The third kappa shape index (κ3) is 2.40. The van der Waals surface area contributed by atoms with E-state index in [0.717, 1.165) is 10.9 Å². The first-order chi connectivity index (χ1) is 10.1. The lowest BCUT2D eigenvalue weighted by Gasteiger charge is -2.07. The normalized spacial score (nSPS) is 10.4. The van der Waals surface area contributed by atoms with Crippen LogP contribution >= 0.6 is 0 Å². The Balaban J connectivity index is 0.000000774. The van der Waals surface area contributed by atoms with Gasteiger partial charge in [0.1, 0.15) is 6.54 Å². The first kappa shape index (κ1) is 14.8. The highest BCUT2D eigenvalue weighted by Gasteiger charge is 2.14. The fourth-order valence-corrected chi connectivity index (χ4v) is 2.33. The summed E-state index contributed by atoms with van der Waals surface area (Å²) in [5.74, 6) is -0.991. The minimum Gasteiger partial charge on any atom is -0.480 e. The maximum atomic E-state index is 12.2. The second-order valence-corrected chi connectivity index (χ2v) is 4.34. The lowest BCUT2D eigenvalue weighted by Crippen LogP contribution is -2.18. The van der Waals surface area contributed by atoms with E-state index in [0.29, 0.717) is 10.9 Å². The SMILES string of the molecule is CC.Cn1c(=O)c2cnn(CC(=O)O)c2c2ccccc21. The number of carboxylic acid groups (broad SMARTS) is 1. The molecule has 1 N–H and O–H groups in total. The van der Waals surface area contributed by atoms with Crippen LogP contribution in [0.15, 0.2) is 35.3 Å². The van der Waals surface area contributed by atoms with Crippen LogP contribution in [-0.2, 0) is 18.4 Å². The zero-order valence-electron chi connectivity index (χ0n) is 12.2. The molecule has 0 aliphatic carbocycles. The highest BCUT2D eigenvalue weighted by Crippen LogP contribution is 2.21. The molecule has 0 amide bonds. The molecule has 0 aliphatic rings. The Labute approximate surface area is 121 Å². The van der Waals surface area contributed by atoms with E-state index >= 15 is 0 Å². The molecule has 2 aromatic heterocycles. The van der Waals surface area contributed by atoms with E-state index in [9.17, 15) is 9.59 Å². The predicted molar refractivity (Wildman–Crippen MR) is 81.5 cm³/mol. The number of pyridine rings is 1. The Morgan fingerprint density at radius 3 is 2.57 bits per heavy atom. The molecule has 0 spiro atoms. The van der Waals surface area contributed by atoms with E-state index < -0.39 is 5.97 Å². The molecule has 2 heterocycles. The largest absolute Gasteiger partial charge is 0.480 e. The number of fused-ring (bicyclic) bond motifs is 3. The van der Waals surface area contributed by atoms with Crippen molar-refractivity contribution in [1.29, 1.82) is 0 Å². The summed E-state index contributed by atoms with van der Waals surface area (Å²) in [4.78, 5) is 23.1. The molecule has 6 nitrogen and oxygen atoms in total. The Hall–Kier alpha value is -2.63. The van der Waals surface area contributed by atoms with E-state index in [-0.39, 0.29) is 12.1 Å². The second kappa shape index (κ2) is 5.78. The van der Waals surface area contributed by atoms with E-state index in [1.807, 2.05) is 38.1 Å². The summed E-state index contributed by atoms with van der Waals surface area (Å²) in [6.45, 7) is 3.74. The molecule has 0 fully saturated rings. The predicted octanol–water partition coefficient (Wildman–Crippen LogP) is 2.00. The van der Waals surface area contributed by atoms with Crippen molar-refractivity contribution in [2.75, 3.05) is 0 Å². The van der Waals surface area contributed by atoms with Crippen molar-refractivity contribution in [3.8, 4) is 0 Å². The Bertz CT molecular complexity index is 862. The van der Waals surface area contributed by atoms with Crippen LogP contribution in [0, 0.1) is 0 Å². The van der Waals surface area contributed by atoms with Gasteiger partial charge < -0.3 is 9.67 Å². The van der Waals surface area contributed by atoms with Gasteiger partial charge in [-0.3, -0.25) is 14.3 Å². The number of rotatable bonds is 2. The van der Waals surface area contributed by atoms with Crippen LogP contribution in [-0.4, -0.2) is 25.4 Å². The van der Waals surface area contributed by atoms with Gasteiger partial charge in [-0.05, 0) is 6.07 Å². The summed E-state index contributed by atoms with van der Waals surface area (Å²) in [7, 11) is 1.69. The molecule has 0 bridgehead atoms. The maximum absolute atomic E-state index is 12.2. The molecule has 3 rings (SSSR count). The van der Waals surface area contributed by atoms with Gasteiger partial charge in [0.15, 0.2) is 0 Å². The minimum atomic E-state index is -0.991. The summed E-state index contributed by atoms with van der Waals surface area (Å²) in [6, 6.07) is 7.38. The van der Waals surface area contributed by atoms with Crippen molar-refractivity contribution in [2.45, 2.75) is 20.4 Å². The van der Waals surface area contributed by atoms with E-state index in [1.165, 1.54) is 10.9 Å². The number of benzene rings is 1. The molecule has 3 aromatic rings. The van der Waals surface area contributed by atoms with Crippen LogP contribution in [0.5, 0.6) is 0 Å². The zero-order chi connectivity index (χ0) is 15.6. The lowest BCUT2D eigenvalue weighted by molar-refractivity contribution is -0.137. The van der Waals surface area contributed by atoms with Crippen molar-refractivity contribution in [2.24, 2.45) is 7.05 Å².